The highest BCUT2D eigenvalue weighted by atomic mass is 16.7. The van der Waals surface area contributed by atoms with Gasteiger partial charge in [-0.05, 0) is 39.8 Å². The normalized spacial score (nSPS) is 19.9. The molecule has 0 saturated carbocycles. The number of phenolic OH excluding ortho intramolecular Hbond substituents is 1. The second kappa shape index (κ2) is 4.79. The van der Waals surface area contributed by atoms with E-state index in [1.807, 2.05) is 27.7 Å². The average molecular weight is 277 g/mol. The SMILES string of the molecule is CNC(=O)c1ccc(B2OC(C)(C)C(C)(C)O2)c(O)c1. The summed E-state index contributed by atoms with van der Waals surface area (Å²) >= 11 is 0. The van der Waals surface area contributed by atoms with E-state index in [1.165, 1.54) is 6.07 Å². The molecule has 1 aliphatic heterocycles. The third-order valence-corrected chi connectivity index (χ3v) is 4.03. The first-order valence-electron chi connectivity index (χ1n) is 6.58. The maximum absolute atomic E-state index is 11.5. The van der Waals surface area contributed by atoms with Gasteiger partial charge in [-0.3, -0.25) is 4.79 Å². The Hall–Kier alpha value is -1.53. The van der Waals surface area contributed by atoms with Gasteiger partial charge in [0.05, 0.1) is 11.2 Å². The van der Waals surface area contributed by atoms with E-state index in [4.69, 9.17) is 9.31 Å². The molecule has 0 atom stereocenters. The van der Waals surface area contributed by atoms with Crippen molar-refractivity contribution < 1.29 is 19.2 Å². The van der Waals surface area contributed by atoms with Gasteiger partial charge in [-0.2, -0.15) is 0 Å². The molecule has 1 saturated heterocycles. The lowest BCUT2D eigenvalue weighted by Crippen LogP contribution is -2.41. The molecule has 0 radical (unpaired) electrons. The summed E-state index contributed by atoms with van der Waals surface area (Å²) in [6, 6.07) is 4.71. The van der Waals surface area contributed by atoms with Gasteiger partial charge in [0.15, 0.2) is 0 Å². The molecule has 2 N–H and O–H groups in total. The van der Waals surface area contributed by atoms with Crippen LogP contribution < -0.4 is 10.8 Å². The first kappa shape index (κ1) is 14.9. The van der Waals surface area contributed by atoms with Crippen LogP contribution in [0.25, 0.3) is 0 Å². The largest absolute Gasteiger partial charge is 0.508 e. The highest BCUT2D eigenvalue weighted by Crippen LogP contribution is 2.37. The van der Waals surface area contributed by atoms with E-state index in [-0.39, 0.29) is 11.7 Å². The fourth-order valence-corrected chi connectivity index (χ4v) is 2.00. The van der Waals surface area contributed by atoms with Gasteiger partial charge < -0.3 is 19.7 Å². The van der Waals surface area contributed by atoms with E-state index >= 15 is 0 Å². The minimum atomic E-state index is -0.640. The Kier molecular flexibility index (Phi) is 3.56. The molecule has 0 aliphatic carbocycles. The Labute approximate surface area is 119 Å². The van der Waals surface area contributed by atoms with Crippen LogP contribution in [-0.2, 0) is 9.31 Å². The topological polar surface area (TPSA) is 67.8 Å². The summed E-state index contributed by atoms with van der Waals surface area (Å²) in [5, 5.41) is 12.6. The van der Waals surface area contributed by atoms with Crippen molar-refractivity contribution in [3.63, 3.8) is 0 Å². The lowest BCUT2D eigenvalue weighted by atomic mass is 9.78. The molecule has 1 aliphatic rings. The lowest BCUT2D eigenvalue weighted by molar-refractivity contribution is 0.00578. The van der Waals surface area contributed by atoms with Gasteiger partial charge in [0.2, 0.25) is 0 Å². The second-order valence-electron chi connectivity index (χ2n) is 5.94. The second-order valence-corrected chi connectivity index (χ2v) is 5.94. The molecule has 5 nitrogen and oxygen atoms in total. The zero-order valence-corrected chi connectivity index (χ0v) is 12.5. The van der Waals surface area contributed by atoms with Crippen molar-refractivity contribution in [2.24, 2.45) is 0 Å². The third-order valence-electron chi connectivity index (χ3n) is 4.03. The highest BCUT2D eigenvalue weighted by Gasteiger charge is 2.52. The average Bonchev–Trinajstić information content (AvgIpc) is 2.57. The van der Waals surface area contributed by atoms with Crippen molar-refractivity contribution in [1.82, 2.24) is 5.32 Å². The van der Waals surface area contributed by atoms with Gasteiger partial charge in [0, 0.05) is 18.1 Å². The number of nitrogens with one attached hydrogen (secondary N) is 1. The van der Waals surface area contributed by atoms with Crippen LogP contribution in [0.2, 0.25) is 0 Å². The van der Waals surface area contributed by atoms with E-state index in [0.29, 0.717) is 11.0 Å². The number of phenols is 1. The van der Waals surface area contributed by atoms with Crippen LogP contribution in [0.15, 0.2) is 18.2 Å². The van der Waals surface area contributed by atoms with Crippen molar-refractivity contribution in [3.05, 3.63) is 23.8 Å². The van der Waals surface area contributed by atoms with Crippen molar-refractivity contribution in [2.45, 2.75) is 38.9 Å². The molecule has 1 amide bonds. The first-order chi connectivity index (χ1) is 9.18. The fourth-order valence-electron chi connectivity index (χ4n) is 2.00. The van der Waals surface area contributed by atoms with E-state index in [0.717, 1.165) is 0 Å². The quantitative estimate of drug-likeness (QED) is 0.793. The van der Waals surface area contributed by atoms with E-state index in [1.54, 1.807) is 19.2 Å². The number of aromatic hydroxyl groups is 1. The molecule has 108 valence electrons. The van der Waals surface area contributed by atoms with Crippen molar-refractivity contribution >= 4 is 18.5 Å². The monoisotopic (exact) mass is 277 g/mol. The molecular weight excluding hydrogens is 257 g/mol. The molecule has 1 fully saturated rings. The van der Waals surface area contributed by atoms with Gasteiger partial charge in [0.25, 0.3) is 5.91 Å². The van der Waals surface area contributed by atoms with Crippen LogP contribution in [-0.4, -0.2) is 36.4 Å². The lowest BCUT2D eigenvalue weighted by Gasteiger charge is -2.32. The predicted octanol–water partition coefficient (Wildman–Crippen LogP) is 1.05. The smallest absolute Gasteiger partial charge is 0.498 e. The van der Waals surface area contributed by atoms with Gasteiger partial charge >= 0.3 is 7.12 Å². The molecular formula is C14H20BNO4. The molecule has 20 heavy (non-hydrogen) atoms. The van der Waals surface area contributed by atoms with Crippen LogP contribution in [0.4, 0.5) is 0 Å². The van der Waals surface area contributed by atoms with Gasteiger partial charge in [-0.1, -0.05) is 6.07 Å². The van der Waals surface area contributed by atoms with Crippen LogP contribution >= 0.6 is 0 Å². The molecule has 2 rings (SSSR count). The zero-order valence-electron chi connectivity index (χ0n) is 12.5. The van der Waals surface area contributed by atoms with E-state index in [9.17, 15) is 9.90 Å². The number of benzene rings is 1. The summed E-state index contributed by atoms with van der Waals surface area (Å²) in [6.07, 6.45) is 0. The van der Waals surface area contributed by atoms with Crippen LogP contribution in [0.1, 0.15) is 38.1 Å². The number of amides is 1. The molecule has 1 aromatic rings. The number of rotatable bonds is 2. The summed E-state index contributed by atoms with van der Waals surface area (Å²) < 4.78 is 11.7. The number of carbonyl (C=O) groups excluding carboxylic acids is 1. The van der Waals surface area contributed by atoms with Gasteiger partial charge in [-0.15, -0.1) is 0 Å². The van der Waals surface area contributed by atoms with Crippen LogP contribution in [0.5, 0.6) is 5.75 Å². The fraction of sp³-hybridized carbons (Fsp3) is 0.500. The maximum atomic E-state index is 11.5. The molecule has 0 bridgehead atoms. The van der Waals surface area contributed by atoms with E-state index < -0.39 is 18.3 Å². The molecule has 0 unspecified atom stereocenters. The standard InChI is InChI=1S/C14H20BNO4/c1-13(2)14(3,4)20-15(19-13)10-7-6-9(8-11(10)17)12(18)16-5/h6-8,17H,1-5H3,(H,16,18). The van der Waals surface area contributed by atoms with Gasteiger partial charge in [0.1, 0.15) is 5.75 Å². The molecule has 0 aromatic heterocycles. The number of hydrogen-bond donors (Lipinski definition) is 2. The highest BCUT2D eigenvalue weighted by molar-refractivity contribution is 6.63. The summed E-state index contributed by atoms with van der Waals surface area (Å²) in [6.45, 7) is 7.79. The minimum Gasteiger partial charge on any atom is -0.508 e. The number of carbonyl (C=O) groups is 1. The summed E-state index contributed by atoms with van der Waals surface area (Å²) in [4.78, 5) is 11.5. The first-order valence-corrected chi connectivity index (χ1v) is 6.58. The Morgan fingerprint density at radius 3 is 2.20 bits per heavy atom. The summed E-state index contributed by atoms with van der Waals surface area (Å²) in [7, 11) is 0.903. The number of hydrogen-bond acceptors (Lipinski definition) is 4. The van der Waals surface area contributed by atoms with Crippen molar-refractivity contribution in [2.75, 3.05) is 7.05 Å². The molecule has 6 heteroatoms. The summed E-state index contributed by atoms with van der Waals surface area (Å²) in [5.74, 6) is -0.259. The van der Waals surface area contributed by atoms with Crippen molar-refractivity contribution in [3.8, 4) is 5.75 Å². The van der Waals surface area contributed by atoms with E-state index in [2.05, 4.69) is 5.32 Å². The van der Waals surface area contributed by atoms with Crippen molar-refractivity contribution in [1.29, 1.82) is 0 Å². The van der Waals surface area contributed by atoms with Gasteiger partial charge in [-0.25, -0.2) is 0 Å². The Balaban J connectivity index is 2.30. The maximum Gasteiger partial charge on any atom is 0.498 e. The Morgan fingerprint density at radius 1 is 1.20 bits per heavy atom. The predicted molar refractivity (Wildman–Crippen MR) is 77.2 cm³/mol. The molecule has 0 spiro atoms. The molecule has 1 aromatic carbocycles. The van der Waals surface area contributed by atoms with Crippen LogP contribution in [0.3, 0.4) is 0 Å². The Bertz CT molecular complexity index is 526. The Morgan fingerprint density at radius 2 is 1.75 bits per heavy atom. The minimum absolute atomic E-state index is 0.00963. The third kappa shape index (κ3) is 2.41. The molecule has 1 heterocycles. The summed E-state index contributed by atoms with van der Waals surface area (Å²) in [5.41, 5.74) is -0.0192. The van der Waals surface area contributed by atoms with Crippen LogP contribution in [0, 0.1) is 0 Å². The zero-order chi connectivity index (χ0) is 15.1.